The Balaban J connectivity index is 2.48. The maximum Gasteiger partial charge on any atom is 0.119 e. The zero-order valence-corrected chi connectivity index (χ0v) is 10.9. The molecule has 0 radical (unpaired) electrons. The van der Waals surface area contributed by atoms with E-state index in [1.54, 1.807) is 0 Å². The van der Waals surface area contributed by atoms with Crippen molar-refractivity contribution in [3.63, 3.8) is 0 Å². The van der Waals surface area contributed by atoms with Crippen molar-refractivity contribution in [1.82, 2.24) is 5.32 Å². The van der Waals surface area contributed by atoms with Gasteiger partial charge in [0.25, 0.3) is 0 Å². The number of aliphatic hydroxyl groups excluding tert-OH is 1. The molecule has 0 bridgehead atoms. The van der Waals surface area contributed by atoms with E-state index in [9.17, 15) is 0 Å². The molecule has 0 aromatic heterocycles. The van der Waals surface area contributed by atoms with Gasteiger partial charge >= 0.3 is 0 Å². The van der Waals surface area contributed by atoms with Crippen molar-refractivity contribution >= 4 is 0 Å². The first-order chi connectivity index (χ1) is 8.17. The number of rotatable bonds is 7. The molecule has 0 amide bonds. The molecule has 0 aliphatic carbocycles. The SMILES string of the molecule is CCOc1ccc(C(C)NCC(C)CO)cc1. The van der Waals surface area contributed by atoms with E-state index in [-0.39, 0.29) is 6.61 Å². The van der Waals surface area contributed by atoms with Crippen LogP contribution >= 0.6 is 0 Å². The minimum absolute atomic E-state index is 0.225. The van der Waals surface area contributed by atoms with Gasteiger partial charge in [0.2, 0.25) is 0 Å². The number of benzene rings is 1. The van der Waals surface area contributed by atoms with Gasteiger partial charge in [-0.25, -0.2) is 0 Å². The van der Waals surface area contributed by atoms with E-state index >= 15 is 0 Å². The predicted molar refractivity (Wildman–Crippen MR) is 70.3 cm³/mol. The second kappa shape index (κ2) is 7.30. The van der Waals surface area contributed by atoms with E-state index in [0.717, 1.165) is 12.3 Å². The molecule has 96 valence electrons. The molecule has 0 aliphatic rings. The highest BCUT2D eigenvalue weighted by atomic mass is 16.5. The number of aliphatic hydroxyl groups is 1. The van der Waals surface area contributed by atoms with Gasteiger partial charge in [0.05, 0.1) is 6.61 Å². The molecule has 3 nitrogen and oxygen atoms in total. The van der Waals surface area contributed by atoms with Crippen LogP contribution < -0.4 is 10.1 Å². The van der Waals surface area contributed by atoms with Crippen LogP contribution in [0.4, 0.5) is 0 Å². The average molecular weight is 237 g/mol. The fourth-order valence-corrected chi connectivity index (χ4v) is 1.58. The first-order valence-corrected chi connectivity index (χ1v) is 6.24. The van der Waals surface area contributed by atoms with Crippen LogP contribution in [0.5, 0.6) is 5.75 Å². The molecule has 0 aliphatic heterocycles. The minimum atomic E-state index is 0.225. The van der Waals surface area contributed by atoms with Gasteiger partial charge in [0, 0.05) is 19.2 Å². The molecule has 2 unspecified atom stereocenters. The molecule has 1 aromatic rings. The third kappa shape index (κ3) is 4.75. The number of hydrogen-bond donors (Lipinski definition) is 2. The lowest BCUT2D eigenvalue weighted by Crippen LogP contribution is -2.26. The Hall–Kier alpha value is -1.06. The van der Waals surface area contributed by atoms with E-state index in [1.807, 2.05) is 26.0 Å². The van der Waals surface area contributed by atoms with Crippen molar-refractivity contribution in [2.24, 2.45) is 5.92 Å². The molecule has 0 fully saturated rings. The van der Waals surface area contributed by atoms with Gasteiger partial charge < -0.3 is 15.2 Å². The third-order valence-corrected chi connectivity index (χ3v) is 2.78. The number of ether oxygens (including phenoxy) is 1. The van der Waals surface area contributed by atoms with Crippen molar-refractivity contribution in [1.29, 1.82) is 0 Å². The number of hydrogen-bond acceptors (Lipinski definition) is 3. The summed E-state index contributed by atoms with van der Waals surface area (Å²) in [6.45, 7) is 7.88. The van der Waals surface area contributed by atoms with Crippen LogP contribution in [-0.4, -0.2) is 24.9 Å². The predicted octanol–water partition coefficient (Wildman–Crippen LogP) is 2.36. The summed E-state index contributed by atoms with van der Waals surface area (Å²) in [7, 11) is 0. The Morgan fingerprint density at radius 3 is 2.41 bits per heavy atom. The summed E-state index contributed by atoms with van der Waals surface area (Å²) in [5, 5.41) is 12.4. The van der Waals surface area contributed by atoms with Crippen LogP contribution in [0, 0.1) is 5.92 Å². The van der Waals surface area contributed by atoms with E-state index in [4.69, 9.17) is 9.84 Å². The molecular formula is C14H23NO2. The second-order valence-corrected chi connectivity index (χ2v) is 4.42. The third-order valence-electron chi connectivity index (χ3n) is 2.78. The summed E-state index contributed by atoms with van der Waals surface area (Å²) in [6.07, 6.45) is 0. The highest BCUT2D eigenvalue weighted by molar-refractivity contribution is 5.28. The van der Waals surface area contributed by atoms with Gasteiger partial charge in [-0.05, 0) is 37.5 Å². The molecule has 17 heavy (non-hydrogen) atoms. The Morgan fingerprint density at radius 2 is 1.88 bits per heavy atom. The topological polar surface area (TPSA) is 41.5 Å². The Labute approximate surface area is 104 Å². The molecule has 0 heterocycles. The van der Waals surface area contributed by atoms with E-state index in [2.05, 4.69) is 24.4 Å². The smallest absolute Gasteiger partial charge is 0.119 e. The van der Waals surface area contributed by atoms with Gasteiger partial charge in [-0.1, -0.05) is 19.1 Å². The average Bonchev–Trinajstić information content (AvgIpc) is 2.36. The van der Waals surface area contributed by atoms with E-state index in [1.165, 1.54) is 5.56 Å². The van der Waals surface area contributed by atoms with Gasteiger partial charge in [0.15, 0.2) is 0 Å². The van der Waals surface area contributed by atoms with Crippen molar-refractivity contribution in [2.75, 3.05) is 19.8 Å². The van der Waals surface area contributed by atoms with E-state index in [0.29, 0.717) is 18.6 Å². The van der Waals surface area contributed by atoms with E-state index < -0.39 is 0 Å². The molecular weight excluding hydrogens is 214 g/mol. The lowest BCUT2D eigenvalue weighted by atomic mass is 10.1. The zero-order chi connectivity index (χ0) is 12.7. The highest BCUT2D eigenvalue weighted by Gasteiger charge is 2.07. The molecule has 3 heteroatoms. The van der Waals surface area contributed by atoms with Crippen LogP contribution in [0.2, 0.25) is 0 Å². The van der Waals surface area contributed by atoms with Crippen molar-refractivity contribution in [3.05, 3.63) is 29.8 Å². The van der Waals surface area contributed by atoms with Gasteiger partial charge in [-0.2, -0.15) is 0 Å². The Kier molecular flexibility index (Phi) is 6.01. The standard InChI is InChI=1S/C14H23NO2/c1-4-17-14-7-5-13(6-8-14)12(3)15-9-11(2)10-16/h5-8,11-12,15-16H,4,9-10H2,1-3H3. The second-order valence-electron chi connectivity index (χ2n) is 4.42. The zero-order valence-electron chi connectivity index (χ0n) is 10.9. The summed E-state index contributed by atoms with van der Waals surface area (Å²) >= 11 is 0. The van der Waals surface area contributed by atoms with Crippen molar-refractivity contribution in [3.8, 4) is 5.75 Å². The molecule has 1 rings (SSSR count). The molecule has 2 atom stereocenters. The quantitative estimate of drug-likeness (QED) is 0.765. The van der Waals surface area contributed by atoms with Crippen LogP contribution in [0.25, 0.3) is 0 Å². The normalized spacial score (nSPS) is 14.4. The van der Waals surface area contributed by atoms with Gasteiger partial charge in [-0.15, -0.1) is 0 Å². The van der Waals surface area contributed by atoms with Crippen LogP contribution in [0.15, 0.2) is 24.3 Å². The lowest BCUT2D eigenvalue weighted by molar-refractivity contribution is 0.231. The fraction of sp³-hybridized carbons (Fsp3) is 0.571. The summed E-state index contributed by atoms with van der Waals surface area (Å²) in [6, 6.07) is 8.43. The monoisotopic (exact) mass is 237 g/mol. The lowest BCUT2D eigenvalue weighted by Gasteiger charge is -2.17. The first-order valence-electron chi connectivity index (χ1n) is 6.24. The van der Waals surface area contributed by atoms with Crippen LogP contribution in [0.3, 0.4) is 0 Å². The van der Waals surface area contributed by atoms with Crippen molar-refractivity contribution < 1.29 is 9.84 Å². The van der Waals surface area contributed by atoms with Crippen LogP contribution in [0.1, 0.15) is 32.4 Å². The summed E-state index contributed by atoms with van der Waals surface area (Å²) in [5.74, 6) is 1.20. The maximum absolute atomic E-state index is 8.96. The maximum atomic E-state index is 8.96. The van der Waals surface area contributed by atoms with Gasteiger partial charge in [0.1, 0.15) is 5.75 Å². The summed E-state index contributed by atoms with van der Waals surface area (Å²) in [4.78, 5) is 0. The number of nitrogens with one attached hydrogen (secondary N) is 1. The van der Waals surface area contributed by atoms with Gasteiger partial charge in [-0.3, -0.25) is 0 Å². The Morgan fingerprint density at radius 1 is 1.24 bits per heavy atom. The highest BCUT2D eigenvalue weighted by Crippen LogP contribution is 2.17. The minimum Gasteiger partial charge on any atom is -0.494 e. The fourth-order valence-electron chi connectivity index (χ4n) is 1.58. The molecule has 2 N–H and O–H groups in total. The Bertz CT molecular complexity index is 311. The van der Waals surface area contributed by atoms with Crippen LogP contribution in [-0.2, 0) is 0 Å². The summed E-state index contributed by atoms with van der Waals surface area (Å²) < 4.78 is 5.40. The largest absolute Gasteiger partial charge is 0.494 e. The van der Waals surface area contributed by atoms with Crippen molar-refractivity contribution in [2.45, 2.75) is 26.8 Å². The first kappa shape index (κ1) is 14.0. The molecule has 0 saturated heterocycles. The molecule has 1 aromatic carbocycles. The molecule has 0 saturated carbocycles. The molecule has 0 spiro atoms. The summed E-state index contributed by atoms with van der Waals surface area (Å²) in [5.41, 5.74) is 1.23.